The van der Waals surface area contributed by atoms with Gasteiger partial charge in [0.15, 0.2) is 11.5 Å². The zero-order valence-corrected chi connectivity index (χ0v) is 13.1. The molecule has 0 saturated carbocycles. The quantitative estimate of drug-likeness (QED) is 0.912. The predicted octanol–water partition coefficient (Wildman–Crippen LogP) is 2.35. The molecule has 0 bridgehead atoms. The highest BCUT2D eigenvalue weighted by Crippen LogP contribution is 2.32. The van der Waals surface area contributed by atoms with Gasteiger partial charge in [0.2, 0.25) is 0 Å². The molecule has 6 nitrogen and oxygen atoms in total. The molecule has 2 aromatic rings. The average Bonchev–Trinajstić information content (AvgIpc) is 2.48. The van der Waals surface area contributed by atoms with Crippen LogP contribution >= 0.6 is 0 Å². The van der Waals surface area contributed by atoms with E-state index in [0.717, 1.165) is 12.1 Å². The van der Waals surface area contributed by atoms with Gasteiger partial charge in [0.1, 0.15) is 16.5 Å². The number of hydrogen-bond donors (Lipinski definition) is 1. The third-order valence-corrected chi connectivity index (χ3v) is 4.32. The molecule has 2 rings (SSSR count). The molecule has 0 spiro atoms. The second kappa shape index (κ2) is 6.18. The number of halogens is 1. The normalized spacial score (nSPS) is 11.1. The number of nitrogens with one attached hydrogen (secondary N) is 1. The summed E-state index contributed by atoms with van der Waals surface area (Å²) in [6.07, 6.45) is 1.44. The first-order chi connectivity index (χ1) is 10.4. The third kappa shape index (κ3) is 3.11. The SMILES string of the molecule is COc1cc(F)c(S(=O)(=O)Nc2ncccc2C)cc1OC. The second-order valence-electron chi connectivity index (χ2n) is 4.41. The van der Waals surface area contributed by atoms with Crippen molar-refractivity contribution in [1.29, 1.82) is 0 Å². The van der Waals surface area contributed by atoms with Crippen molar-refractivity contribution in [1.82, 2.24) is 4.98 Å². The van der Waals surface area contributed by atoms with Crippen molar-refractivity contribution in [3.05, 3.63) is 41.8 Å². The number of anilines is 1. The van der Waals surface area contributed by atoms with Crippen molar-refractivity contribution in [3.63, 3.8) is 0 Å². The van der Waals surface area contributed by atoms with Crippen LogP contribution < -0.4 is 14.2 Å². The molecule has 118 valence electrons. The Morgan fingerprint density at radius 2 is 1.82 bits per heavy atom. The number of sulfonamides is 1. The maximum Gasteiger partial charge on any atom is 0.266 e. The van der Waals surface area contributed by atoms with E-state index in [4.69, 9.17) is 9.47 Å². The van der Waals surface area contributed by atoms with Crippen LogP contribution in [0.15, 0.2) is 35.4 Å². The Labute approximate surface area is 128 Å². The van der Waals surface area contributed by atoms with Crippen LogP contribution in [0.5, 0.6) is 11.5 Å². The number of pyridine rings is 1. The lowest BCUT2D eigenvalue weighted by Crippen LogP contribution is -2.16. The number of benzene rings is 1. The van der Waals surface area contributed by atoms with Gasteiger partial charge in [0.05, 0.1) is 14.2 Å². The number of aryl methyl sites for hydroxylation is 1. The highest BCUT2D eigenvalue weighted by atomic mass is 32.2. The van der Waals surface area contributed by atoms with Crippen LogP contribution in [0.3, 0.4) is 0 Å². The minimum absolute atomic E-state index is 0.105. The molecule has 0 aliphatic heterocycles. The second-order valence-corrected chi connectivity index (χ2v) is 6.06. The molecule has 1 N–H and O–H groups in total. The summed E-state index contributed by atoms with van der Waals surface area (Å²) in [7, 11) is -1.48. The van der Waals surface area contributed by atoms with Crippen LogP contribution in [0.1, 0.15) is 5.56 Å². The summed E-state index contributed by atoms with van der Waals surface area (Å²) in [4.78, 5) is 3.38. The molecule has 0 aliphatic carbocycles. The van der Waals surface area contributed by atoms with E-state index in [9.17, 15) is 12.8 Å². The van der Waals surface area contributed by atoms with Crippen LogP contribution in [0.25, 0.3) is 0 Å². The standard InChI is InChI=1S/C14H15FN2O4S/c1-9-5-4-6-16-14(9)17-22(18,19)13-8-12(21-3)11(20-2)7-10(13)15/h4-8H,1-3H3,(H,16,17). The van der Waals surface area contributed by atoms with E-state index in [-0.39, 0.29) is 17.3 Å². The van der Waals surface area contributed by atoms with Gasteiger partial charge in [-0.3, -0.25) is 4.72 Å². The Hall–Kier alpha value is -2.35. The van der Waals surface area contributed by atoms with Crippen LogP contribution in [0.2, 0.25) is 0 Å². The summed E-state index contributed by atoms with van der Waals surface area (Å²) in [5.74, 6) is -0.592. The monoisotopic (exact) mass is 326 g/mol. The number of methoxy groups -OCH3 is 2. The molecule has 0 radical (unpaired) electrons. The molecule has 22 heavy (non-hydrogen) atoms. The summed E-state index contributed by atoms with van der Waals surface area (Å²) in [6.45, 7) is 1.69. The average molecular weight is 326 g/mol. The van der Waals surface area contributed by atoms with Gasteiger partial charge in [-0.25, -0.2) is 17.8 Å². The first kappa shape index (κ1) is 16.0. The van der Waals surface area contributed by atoms with Crippen LogP contribution in [0, 0.1) is 12.7 Å². The minimum atomic E-state index is -4.15. The van der Waals surface area contributed by atoms with Crippen molar-refractivity contribution in [3.8, 4) is 11.5 Å². The van der Waals surface area contributed by atoms with E-state index >= 15 is 0 Å². The highest BCUT2D eigenvalue weighted by Gasteiger charge is 2.23. The van der Waals surface area contributed by atoms with Crippen molar-refractivity contribution >= 4 is 15.8 Å². The van der Waals surface area contributed by atoms with Gasteiger partial charge in [0, 0.05) is 18.3 Å². The molecule has 0 atom stereocenters. The molecule has 0 amide bonds. The minimum Gasteiger partial charge on any atom is -0.493 e. The molecule has 1 aromatic heterocycles. The van der Waals surface area contributed by atoms with Crippen molar-refractivity contribution in [2.75, 3.05) is 18.9 Å². The van der Waals surface area contributed by atoms with Crippen LogP contribution in [-0.4, -0.2) is 27.6 Å². The van der Waals surface area contributed by atoms with E-state index in [0.29, 0.717) is 5.56 Å². The maximum absolute atomic E-state index is 14.1. The lowest BCUT2D eigenvalue weighted by atomic mass is 10.3. The summed E-state index contributed by atoms with van der Waals surface area (Å²) in [6, 6.07) is 5.38. The van der Waals surface area contributed by atoms with Gasteiger partial charge in [-0.05, 0) is 18.6 Å². The van der Waals surface area contributed by atoms with Gasteiger partial charge in [-0.1, -0.05) is 6.07 Å². The van der Waals surface area contributed by atoms with Gasteiger partial charge in [0.25, 0.3) is 10.0 Å². The summed E-state index contributed by atoms with van der Waals surface area (Å²) >= 11 is 0. The molecule has 8 heteroatoms. The van der Waals surface area contributed by atoms with Crippen LogP contribution in [-0.2, 0) is 10.0 Å². The van der Waals surface area contributed by atoms with Gasteiger partial charge in [-0.15, -0.1) is 0 Å². The first-order valence-corrected chi connectivity index (χ1v) is 7.73. The summed E-state index contributed by atoms with van der Waals surface area (Å²) in [5, 5.41) is 0. The molecule has 1 aromatic carbocycles. The van der Waals surface area contributed by atoms with Gasteiger partial charge in [-0.2, -0.15) is 0 Å². The topological polar surface area (TPSA) is 77.5 Å². The number of nitrogens with zero attached hydrogens (tertiary/aromatic N) is 1. The fraction of sp³-hybridized carbons (Fsp3) is 0.214. The number of hydrogen-bond acceptors (Lipinski definition) is 5. The predicted molar refractivity (Wildman–Crippen MR) is 79.3 cm³/mol. The van der Waals surface area contributed by atoms with Crippen LogP contribution in [0.4, 0.5) is 10.2 Å². The number of aromatic nitrogens is 1. The molecule has 0 saturated heterocycles. The van der Waals surface area contributed by atoms with E-state index in [2.05, 4.69) is 9.71 Å². The van der Waals surface area contributed by atoms with Crippen molar-refractivity contribution in [2.24, 2.45) is 0 Å². The van der Waals surface area contributed by atoms with Crippen molar-refractivity contribution < 1.29 is 22.3 Å². The smallest absolute Gasteiger partial charge is 0.266 e. The van der Waals surface area contributed by atoms with E-state index in [1.807, 2.05) is 0 Å². The molecule has 0 aliphatic rings. The Kier molecular flexibility index (Phi) is 4.51. The lowest BCUT2D eigenvalue weighted by molar-refractivity contribution is 0.350. The summed E-state index contributed by atoms with van der Waals surface area (Å²) < 4.78 is 51.0. The van der Waals surface area contributed by atoms with Gasteiger partial charge >= 0.3 is 0 Å². The summed E-state index contributed by atoms with van der Waals surface area (Å²) in [5.41, 5.74) is 0.618. The molecule has 1 heterocycles. The highest BCUT2D eigenvalue weighted by molar-refractivity contribution is 7.92. The zero-order valence-electron chi connectivity index (χ0n) is 12.3. The largest absolute Gasteiger partial charge is 0.493 e. The Bertz CT molecular complexity index is 793. The number of rotatable bonds is 5. The van der Waals surface area contributed by atoms with E-state index in [1.165, 1.54) is 20.4 Å². The molecular weight excluding hydrogens is 311 g/mol. The zero-order chi connectivity index (χ0) is 16.3. The van der Waals surface area contributed by atoms with Gasteiger partial charge < -0.3 is 9.47 Å². The Morgan fingerprint density at radius 3 is 2.41 bits per heavy atom. The number of ether oxygens (including phenoxy) is 2. The fourth-order valence-electron chi connectivity index (χ4n) is 1.82. The molecule has 0 unspecified atom stereocenters. The lowest BCUT2D eigenvalue weighted by Gasteiger charge is -2.13. The fourth-order valence-corrected chi connectivity index (χ4v) is 2.97. The molecule has 0 fully saturated rings. The first-order valence-electron chi connectivity index (χ1n) is 6.25. The van der Waals surface area contributed by atoms with Crippen molar-refractivity contribution in [2.45, 2.75) is 11.8 Å². The molecular formula is C14H15FN2O4S. The Balaban J connectivity index is 2.48. The maximum atomic E-state index is 14.1. The van der Waals surface area contributed by atoms with E-state index in [1.54, 1.807) is 19.1 Å². The third-order valence-electron chi connectivity index (χ3n) is 2.97. The Morgan fingerprint density at radius 1 is 1.18 bits per heavy atom. The van der Waals surface area contributed by atoms with E-state index < -0.39 is 20.7 Å².